The molecule has 1 aliphatic heterocycles. The van der Waals surface area contributed by atoms with Crippen LogP contribution in [0.4, 0.5) is 10.2 Å². The van der Waals surface area contributed by atoms with Gasteiger partial charge in [-0.15, -0.1) is 0 Å². The zero-order valence-corrected chi connectivity index (χ0v) is 16.8. The summed E-state index contributed by atoms with van der Waals surface area (Å²) in [4.78, 5) is 23.4. The fourth-order valence-electron chi connectivity index (χ4n) is 4.06. The van der Waals surface area contributed by atoms with E-state index in [4.69, 9.17) is 4.98 Å². The van der Waals surface area contributed by atoms with Crippen LogP contribution in [0.2, 0.25) is 0 Å². The minimum absolute atomic E-state index is 0.0841. The van der Waals surface area contributed by atoms with Crippen LogP contribution in [0.25, 0.3) is 5.65 Å². The van der Waals surface area contributed by atoms with Crippen LogP contribution in [0.1, 0.15) is 40.5 Å². The second kappa shape index (κ2) is 8.14. The van der Waals surface area contributed by atoms with Crippen molar-refractivity contribution in [2.24, 2.45) is 0 Å². The van der Waals surface area contributed by atoms with Gasteiger partial charge in [-0.3, -0.25) is 9.78 Å². The Hall–Kier alpha value is -3.81. The lowest BCUT2D eigenvalue weighted by Crippen LogP contribution is -2.24. The van der Waals surface area contributed by atoms with E-state index in [0.717, 1.165) is 36.3 Å². The van der Waals surface area contributed by atoms with Crippen LogP contribution in [0.3, 0.4) is 0 Å². The first-order valence-corrected chi connectivity index (χ1v) is 10.2. The van der Waals surface area contributed by atoms with Crippen LogP contribution < -0.4 is 10.2 Å². The maximum atomic E-state index is 13.8. The van der Waals surface area contributed by atoms with E-state index in [-0.39, 0.29) is 17.8 Å². The summed E-state index contributed by atoms with van der Waals surface area (Å²) in [5.74, 6) is 0.341. The molecule has 31 heavy (non-hydrogen) atoms. The first-order chi connectivity index (χ1) is 15.2. The predicted molar refractivity (Wildman–Crippen MR) is 114 cm³/mol. The van der Waals surface area contributed by atoms with Crippen molar-refractivity contribution in [1.82, 2.24) is 24.9 Å². The molecule has 156 valence electrons. The molecule has 0 radical (unpaired) electrons. The topological polar surface area (TPSA) is 75.4 Å². The molecule has 1 aromatic carbocycles. The number of aromatic nitrogens is 4. The minimum atomic E-state index is -0.248. The van der Waals surface area contributed by atoms with E-state index < -0.39 is 0 Å². The molecule has 1 saturated heterocycles. The van der Waals surface area contributed by atoms with Crippen LogP contribution in [0.5, 0.6) is 0 Å². The molecular formula is C23H21FN6O. The number of fused-ring (bicyclic) bond motifs is 1. The Labute approximate surface area is 178 Å². The molecule has 1 N–H and O–H groups in total. The van der Waals surface area contributed by atoms with Crippen LogP contribution in [-0.4, -0.2) is 32.0 Å². The summed E-state index contributed by atoms with van der Waals surface area (Å²) in [5, 5.41) is 7.22. The number of rotatable bonds is 5. The van der Waals surface area contributed by atoms with Gasteiger partial charge in [-0.2, -0.15) is 5.10 Å². The molecule has 0 saturated carbocycles. The average molecular weight is 416 g/mol. The minimum Gasteiger partial charge on any atom is -0.349 e. The number of carbonyl (C=O) groups excluding carboxylic acids is 1. The van der Waals surface area contributed by atoms with Gasteiger partial charge in [0.2, 0.25) is 0 Å². The highest BCUT2D eigenvalue weighted by molar-refractivity contribution is 5.92. The van der Waals surface area contributed by atoms with Crippen LogP contribution in [0.15, 0.2) is 67.1 Å². The second-order valence-electron chi connectivity index (χ2n) is 7.53. The number of nitrogens with one attached hydrogen (secondary N) is 1. The first kappa shape index (κ1) is 19.2. The van der Waals surface area contributed by atoms with E-state index in [1.807, 2.05) is 18.3 Å². The smallest absolute Gasteiger partial charge is 0.270 e. The third-order valence-electron chi connectivity index (χ3n) is 5.54. The van der Waals surface area contributed by atoms with Gasteiger partial charge in [0.05, 0.1) is 12.2 Å². The summed E-state index contributed by atoms with van der Waals surface area (Å²) in [6, 6.07) is 14.0. The van der Waals surface area contributed by atoms with Crippen LogP contribution in [-0.2, 0) is 6.54 Å². The van der Waals surface area contributed by atoms with Crippen molar-refractivity contribution >= 4 is 17.4 Å². The molecule has 0 aliphatic carbocycles. The normalized spacial score (nSPS) is 16.0. The quantitative estimate of drug-likeness (QED) is 0.539. The van der Waals surface area contributed by atoms with Crippen molar-refractivity contribution in [1.29, 1.82) is 0 Å². The number of carbonyl (C=O) groups is 1. The third-order valence-corrected chi connectivity index (χ3v) is 5.54. The van der Waals surface area contributed by atoms with Crippen LogP contribution >= 0.6 is 0 Å². The monoisotopic (exact) mass is 416 g/mol. The average Bonchev–Trinajstić information content (AvgIpc) is 3.45. The number of pyridine rings is 1. The Morgan fingerprint density at radius 2 is 2.13 bits per heavy atom. The van der Waals surface area contributed by atoms with E-state index in [1.165, 1.54) is 6.07 Å². The lowest BCUT2D eigenvalue weighted by molar-refractivity contribution is 0.0946. The zero-order valence-electron chi connectivity index (χ0n) is 16.8. The molecule has 3 aromatic heterocycles. The zero-order chi connectivity index (χ0) is 21.2. The molecule has 1 fully saturated rings. The number of anilines is 1. The summed E-state index contributed by atoms with van der Waals surface area (Å²) >= 11 is 0. The molecule has 4 aromatic rings. The molecule has 8 heteroatoms. The van der Waals surface area contributed by atoms with Crippen molar-refractivity contribution in [3.63, 3.8) is 0 Å². The molecule has 4 heterocycles. The SMILES string of the molecule is O=C(NCc1cnn2ccc(N3CCC[C@@H]3c3cccc(F)c3)nc12)c1ccccn1. The highest BCUT2D eigenvalue weighted by atomic mass is 19.1. The third kappa shape index (κ3) is 3.84. The maximum absolute atomic E-state index is 13.8. The Bertz CT molecular complexity index is 1230. The summed E-state index contributed by atoms with van der Waals surface area (Å²) in [5.41, 5.74) is 2.81. The number of hydrogen-bond acceptors (Lipinski definition) is 5. The van der Waals surface area contributed by atoms with Gasteiger partial charge >= 0.3 is 0 Å². The van der Waals surface area contributed by atoms with Crippen molar-refractivity contribution < 1.29 is 9.18 Å². The van der Waals surface area contributed by atoms with Gasteiger partial charge < -0.3 is 10.2 Å². The van der Waals surface area contributed by atoms with Crippen molar-refractivity contribution in [3.05, 3.63) is 89.8 Å². The number of hydrogen-bond donors (Lipinski definition) is 1. The molecule has 0 unspecified atom stereocenters. The summed E-state index contributed by atoms with van der Waals surface area (Å²) < 4.78 is 15.5. The van der Waals surface area contributed by atoms with E-state index in [1.54, 1.807) is 47.2 Å². The van der Waals surface area contributed by atoms with Gasteiger partial charge in [0.25, 0.3) is 5.91 Å². The van der Waals surface area contributed by atoms with Gasteiger partial charge in [0.1, 0.15) is 17.3 Å². The Morgan fingerprint density at radius 1 is 1.19 bits per heavy atom. The largest absolute Gasteiger partial charge is 0.349 e. The molecule has 0 bridgehead atoms. The molecule has 1 aliphatic rings. The molecule has 7 nitrogen and oxygen atoms in total. The van der Waals surface area contributed by atoms with Crippen molar-refractivity contribution in [2.45, 2.75) is 25.4 Å². The molecular weight excluding hydrogens is 395 g/mol. The summed E-state index contributed by atoms with van der Waals surface area (Å²) in [6.45, 7) is 1.15. The van der Waals surface area contributed by atoms with E-state index in [0.29, 0.717) is 17.9 Å². The molecule has 0 spiro atoms. The molecule has 1 amide bonds. The van der Waals surface area contributed by atoms with Gasteiger partial charge in [-0.25, -0.2) is 13.9 Å². The lowest BCUT2D eigenvalue weighted by atomic mass is 10.0. The van der Waals surface area contributed by atoms with Gasteiger partial charge in [-0.1, -0.05) is 18.2 Å². The summed E-state index contributed by atoms with van der Waals surface area (Å²) in [7, 11) is 0. The number of halogens is 1. The van der Waals surface area contributed by atoms with E-state index in [9.17, 15) is 9.18 Å². The van der Waals surface area contributed by atoms with Gasteiger partial charge in [0, 0.05) is 31.0 Å². The highest BCUT2D eigenvalue weighted by Gasteiger charge is 2.27. The van der Waals surface area contributed by atoms with Gasteiger partial charge in [-0.05, 0) is 48.7 Å². The van der Waals surface area contributed by atoms with Gasteiger partial charge in [0.15, 0.2) is 5.65 Å². The number of benzene rings is 1. The van der Waals surface area contributed by atoms with Crippen molar-refractivity contribution in [2.75, 3.05) is 11.4 Å². The Balaban J connectivity index is 1.39. The van der Waals surface area contributed by atoms with E-state index in [2.05, 4.69) is 20.3 Å². The fourth-order valence-corrected chi connectivity index (χ4v) is 4.06. The predicted octanol–water partition coefficient (Wildman–Crippen LogP) is 3.53. The molecule has 5 rings (SSSR count). The highest BCUT2D eigenvalue weighted by Crippen LogP contribution is 2.35. The number of amides is 1. The number of nitrogens with zero attached hydrogens (tertiary/aromatic N) is 5. The van der Waals surface area contributed by atoms with E-state index >= 15 is 0 Å². The molecule has 1 atom stereocenters. The standard InChI is InChI=1S/C23H21FN6O/c24-18-6-3-5-16(13-18)20-8-4-11-29(20)21-9-12-30-22(28-21)17(15-27-30)14-26-23(31)19-7-1-2-10-25-19/h1-3,5-7,9-10,12-13,15,20H,4,8,11,14H2,(H,26,31)/t20-/m1/s1. The summed E-state index contributed by atoms with van der Waals surface area (Å²) in [6.07, 6.45) is 7.12. The lowest BCUT2D eigenvalue weighted by Gasteiger charge is -2.26. The Kier molecular flexibility index (Phi) is 5.03. The first-order valence-electron chi connectivity index (χ1n) is 10.2. The van der Waals surface area contributed by atoms with Crippen LogP contribution in [0, 0.1) is 5.82 Å². The maximum Gasteiger partial charge on any atom is 0.270 e. The fraction of sp³-hybridized carbons (Fsp3) is 0.217. The second-order valence-corrected chi connectivity index (χ2v) is 7.53. The van der Waals surface area contributed by atoms with Crippen molar-refractivity contribution in [3.8, 4) is 0 Å². The Morgan fingerprint density at radius 3 is 2.97 bits per heavy atom.